The maximum atomic E-state index is 12.7. The van der Waals surface area contributed by atoms with Gasteiger partial charge in [0.15, 0.2) is 5.76 Å². The Labute approximate surface area is 133 Å². The summed E-state index contributed by atoms with van der Waals surface area (Å²) in [6, 6.07) is 14.5. The standard InChI is InChI=1S/C18H16ClNO2/c1-2-11-20-16-14-5-3-4-6-15(14)22-18(16)17(21)12-7-9-13(19)10-8-12/h3-10,20H,2,11H2,1H3. The fourth-order valence-electron chi connectivity index (χ4n) is 2.36. The molecule has 0 aliphatic heterocycles. The molecule has 0 fully saturated rings. The van der Waals surface area contributed by atoms with Gasteiger partial charge in [0.05, 0.1) is 5.69 Å². The zero-order valence-electron chi connectivity index (χ0n) is 12.2. The molecule has 0 saturated heterocycles. The Balaban J connectivity index is 2.08. The maximum absolute atomic E-state index is 12.7. The maximum Gasteiger partial charge on any atom is 0.230 e. The van der Waals surface area contributed by atoms with Gasteiger partial charge in [-0.05, 0) is 42.8 Å². The predicted molar refractivity (Wildman–Crippen MR) is 89.9 cm³/mol. The van der Waals surface area contributed by atoms with Gasteiger partial charge < -0.3 is 9.73 Å². The number of halogens is 1. The second-order valence-electron chi connectivity index (χ2n) is 5.07. The number of hydrogen-bond donors (Lipinski definition) is 1. The molecule has 3 nitrogen and oxygen atoms in total. The van der Waals surface area contributed by atoms with Crippen molar-refractivity contribution in [3.8, 4) is 0 Å². The highest BCUT2D eigenvalue weighted by atomic mass is 35.5. The predicted octanol–water partition coefficient (Wildman–Crippen LogP) is 5.14. The van der Waals surface area contributed by atoms with Crippen molar-refractivity contribution in [2.24, 2.45) is 0 Å². The zero-order chi connectivity index (χ0) is 15.5. The first-order chi connectivity index (χ1) is 10.7. The summed E-state index contributed by atoms with van der Waals surface area (Å²) in [5.74, 6) is 0.198. The summed E-state index contributed by atoms with van der Waals surface area (Å²) in [6.45, 7) is 2.86. The minimum atomic E-state index is -0.147. The van der Waals surface area contributed by atoms with Gasteiger partial charge in [0.2, 0.25) is 5.78 Å². The Morgan fingerprint density at radius 2 is 1.86 bits per heavy atom. The molecule has 4 heteroatoms. The van der Waals surface area contributed by atoms with Crippen molar-refractivity contribution in [1.29, 1.82) is 0 Å². The Morgan fingerprint density at radius 1 is 1.14 bits per heavy atom. The van der Waals surface area contributed by atoms with Crippen LogP contribution < -0.4 is 5.32 Å². The SMILES string of the molecule is CCCNc1c(C(=O)c2ccc(Cl)cc2)oc2ccccc12. The van der Waals surface area contributed by atoms with Gasteiger partial charge in [-0.25, -0.2) is 0 Å². The van der Waals surface area contributed by atoms with E-state index < -0.39 is 0 Å². The Kier molecular flexibility index (Phi) is 4.16. The molecule has 0 bridgehead atoms. The topological polar surface area (TPSA) is 42.2 Å². The summed E-state index contributed by atoms with van der Waals surface area (Å²) in [7, 11) is 0. The third-order valence-corrected chi connectivity index (χ3v) is 3.71. The molecule has 3 rings (SSSR count). The van der Waals surface area contributed by atoms with E-state index in [4.69, 9.17) is 16.0 Å². The smallest absolute Gasteiger partial charge is 0.230 e. The van der Waals surface area contributed by atoms with E-state index in [9.17, 15) is 4.79 Å². The Hall–Kier alpha value is -2.26. The lowest BCUT2D eigenvalue weighted by Gasteiger charge is -2.05. The molecule has 1 heterocycles. The van der Waals surface area contributed by atoms with Gasteiger partial charge in [-0.2, -0.15) is 0 Å². The van der Waals surface area contributed by atoms with Crippen LogP contribution in [0, 0.1) is 0 Å². The Bertz CT molecular complexity index is 806. The highest BCUT2D eigenvalue weighted by molar-refractivity contribution is 6.30. The third kappa shape index (κ3) is 2.72. The number of nitrogens with one attached hydrogen (secondary N) is 1. The van der Waals surface area contributed by atoms with E-state index >= 15 is 0 Å². The summed E-state index contributed by atoms with van der Waals surface area (Å²) < 4.78 is 5.80. The van der Waals surface area contributed by atoms with Gasteiger partial charge in [-0.15, -0.1) is 0 Å². The number of para-hydroxylation sites is 1. The van der Waals surface area contributed by atoms with Crippen LogP contribution in [0.3, 0.4) is 0 Å². The molecule has 0 saturated carbocycles. The highest BCUT2D eigenvalue weighted by Crippen LogP contribution is 2.32. The number of anilines is 1. The van der Waals surface area contributed by atoms with E-state index in [0.29, 0.717) is 21.9 Å². The fraction of sp³-hybridized carbons (Fsp3) is 0.167. The molecular formula is C18H16ClNO2. The van der Waals surface area contributed by atoms with Crippen LogP contribution in [0.25, 0.3) is 11.0 Å². The number of benzene rings is 2. The van der Waals surface area contributed by atoms with Crippen molar-refractivity contribution < 1.29 is 9.21 Å². The van der Waals surface area contributed by atoms with Crippen molar-refractivity contribution in [2.75, 3.05) is 11.9 Å². The van der Waals surface area contributed by atoms with Crippen LogP contribution in [0.5, 0.6) is 0 Å². The summed E-state index contributed by atoms with van der Waals surface area (Å²) >= 11 is 5.88. The quantitative estimate of drug-likeness (QED) is 0.663. The van der Waals surface area contributed by atoms with Crippen molar-refractivity contribution >= 4 is 34.0 Å². The number of hydrogen-bond acceptors (Lipinski definition) is 3. The molecule has 2 aromatic carbocycles. The van der Waals surface area contributed by atoms with Crippen molar-refractivity contribution in [2.45, 2.75) is 13.3 Å². The normalized spacial score (nSPS) is 10.8. The van der Waals surface area contributed by atoms with Gasteiger partial charge in [0.1, 0.15) is 5.58 Å². The number of furan rings is 1. The molecule has 0 spiro atoms. The first-order valence-corrected chi connectivity index (χ1v) is 7.64. The van der Waals surface area contributed by atoms with Crippen LogP contribution >= 0.6 is 11.6 Å². The molecule has 0 aliphatic rings. The molecule has 1 aromatic heterocycles. The van der Waals surface area contributed by atoms with Crippen LogP contribution in [0.15, 0.2) is 52.9 Å². The van der Waals surface area contributed by atoms with E-state index in [1.165, 1.54) is 0 Å². The largest absolute Gasteiger partial charge is 0.450 e. The lowest BCUT2D eigenvalue weighted by atomic mass is 10.1. The lowest BCUT2D eigenvalue weighted by Crippen LogP contribution is -2.06. The van der Waals surface area contributed by atoms with Gasteiger partial charge in [0, 0.05) is 22.5 Å². The highest BCUT2D eigenvalue weighted by Gasteiger charge is 2.21. The van der Waals surface area contributed by atoms with Crippen LogP contribution in [0.2, 0.25) is 5.02 Å². The summed E-state index contributed by atoms with van der Waals surface area (Å²) in [5.41, 5.74) is 2.03. The van der Waals surface area contributed by atoms with Crippen molar-refractivity contribution in [3.05, 3.63) is 64.9 Å². The number of ketones is 1. The minimum absolute atomic E-state index is 0.147. The molecule has 0 radical (unpaired) electrons. The van der Waals surface area contributed by atoms with E-state index in [-0.39, 0.29) is 5.78 Å². The molecule has 3 aromatic rings. The number of rotatable bonds is 5. The summed E-state index contributed by atoms with van der Waals surface area (Å²) in [6.07, 6.45) is 0.966. The Morgan fingerprint density at radius 3 is 2.59 bits per heavy atom. The van der Waals surface area contributed by atoms with E-state index in [1.807, 2.05) is 24.3 Å². The van der Waals surface area contributed by atoms with Gasteiger partial charge in [-0.1, -0.05) is 30.7 Å². The minimum Gasteiger partial charge on any atom is -0.450 e. The number of carbonyl (C=O) groups is 1. The van der Waals surface area contributed by atoms with E-state index in [0.717, 1.165) is 24.0 Å². The second kappa shape index (κ2) is 6.24. The summed E-state index contributed by atoms with van der Waals surface area (Å²) in [5, 5.41) is 4.83. The number of carbonyl (C=O) groups excluding carboxylic acids is 1. The average molecular weight is 314 g/mol. The third-order valence-electron chi connectivity index (χ3n) is 3.46. The average Bonchev–Trinajstić information content (AvgIpc) is 2.91. The monoisotopic (exact) mass is 313 g/mol. The van der Waals surface area contributed by atoms with E-state index in [2.05, 4.69) is 12.2 Å². The van der Waals surface area contributed by atoms with Crippen molar-refractivity contribution in [1.82, 2.24) is 0 Å². The van der Waals surface area contributed by atoms with Crippen LogP contribution in [-0.4, -0.2) is 12.3 Å². The molecule has 0 unspecified atom stereocenters. The fourth-order valence-corrected chi connectivity index (χ4v) is 2.49. The molecule has 0 aliphatic carbocycles. The van der Waals surface area contributed by atoms with Crippen LogP contribution in [0.4, 0.5) is 5.69 Å². The van der Waals surface area contributed by atoms with Gasteiger partial charge >= 0.3 is 0 Å². The first kappa shape index (κ1) is 14.7. The molecule has 112 valence electrons. The second-order valence-corrected chi connectivity index (χ2v) is 5.50. The number of fused-ring (bicyclic) bond motifs is 1. The van der Waals surface area contributed by atoms with Gasteiger partial charge in [-0.3, -0.25) is 4.79 Å². The lowest BCUT2D eigenvalue weighted by molar-refractivity contribution is 0.101. The molecular weight excluding hydrogens is 298 g/mol. The van der Waals surface area contributed by atoms with Gasteiger partial charge in [0.25, 0.3) is 0 Å². The molecule has 0 atom stereocenters. The first-order valence-electron chi connectivity index (χ1n) is 7.26. The molecule has 22 heavy (non-hydrogen) atoms. The van der Waals surface area contributed by atoms with E-state index in [1.54, 1.807) is 24.3 Å². The zero-order valence-corrected chi connectivity index (χ0v) is 13.0. The van der Waals surface area contributed by atoms with Crippen LogP contribution in [0.1, 0.15) is 29.5 Å². The summed E-state index contributed by atoms with van der Waals surface area (Å²) in [4.78, 5) is 12.7. The van der Waals surface area contributed by atoms with Crippen molar-refractivity contribution in [3.63, 3.8) is 0 Å². The molecule has 0 amide bonds. The molecule has 1 N–H and O–H groups in total. The van der Waals surface area contributed by atoms with Crippen LogP contribution in [-0.2, 0) is 0 Å².